The minimum absolute atomic E-state index is 0.107. The summed E-state index contributed by atoms with van der Waals surface area (Å²) in [6.45, 7) is 2.96. The van der Waals surface area contributed by atoms with Crippen LogP contribution in [0.5, 0.6) is 0 Å². The zero-order chi connectivity index (χ0) is 17.9. The molecule has 2 aromatic rings. The molecule has 0 spiro atoms. The first-order chi connectivity index (χ1) is 11.3. The van der Waals surface area contributed by atoms with Crippen molar-refractivity contribution in [2.75, 3.05) is 0 Å². The molecule has 2 rings (SSSR count). The topological polar surface area (TPSA) is 81.6 Å². The summed E-state index contributed by atoms with van der Waals surface area (Å²) in [7, 11) is 0. The van der Waals surface area contributed by atoms with Gasteiger partial charge in [-0.3, -0.25) is 15.3 Å². The molecule has 0 bridgehead atoms. The molecule has 2 atom stereocenters. The molecule has 24 heavy (non-hydrogen) atoms. The lowest BCUT2D eigenvalue weighted by molar-refractivity contribution is -0.150. The number of aliphatic hydroxyl groups is 1. The molecular formula is C15H18F2N2O3S2. The van der Waals surface area contributed by atoms with Crippen LogP contribution in [0.1, 0.15) is 16.7 Å². The first-order valence-corrected chi connectivity index (χ1v) is 8.72. The van der Waals surface area contributed by atoms with Gasteiger partial charge >= 0.3 is 0 Å². The van der Waals surface area contributed by atoms with Crippen LogP contribution >= 0.6 is 22.7 Å². The molecule has 2 heterocycles. The van der Waals surface area contributed by atoms with Gasteiger partial charge in [-0.1, -0.05) is 0 Å². The van der Waals surface area contributed by atoms with Crippen LogP contribution in [-0.2, 0) is 11.3 Å². The summed E-state index contributed by atoms with van der Waals surface area (Å²) in [6.07, 6.45) is -3.15. The molecule has 0 saturated carbocycles. The van der Waals surface area contributed by atoms with Gasteiger partial charge in [0, 0.05) is 26.1 Å². The normalized spacial score (nSPS) is 15.3. The van der Waals surface area contributed by atoms with E-state index in [1.165, 1.54) is 21.7 Å². The summed E-state index contributed by atoms with van der Waals surface area (Å²) in [6, 6.07) is 6.11. The number of aryl methyl sites for hydroxylation is 1. The van der Waals surface area contributed by atoms with Crippen LogP contribution in [0.2, 0.25) is 0 Å². The lowest BCUT2D eigenvalue weighted by Gasteiger charge is -2.31. The zero-order valence-electron chi connectivity index (χ0n) is 13.0. The van der Waals surface area contributed by atoms with E-state index in [0.29, 0.717) is 0 Å². The van der Waals surface area contributed by atoms with E-state index in [9.17, 15) is 18.7 Å². The Balaban J connectivity index is 2.09. The van der Waals surface area contributed by atoms with Gasteiger partial charge in [-0.05, 0) is 38.1 Å². The van der Waals surface area contributed by atoms with Crippen molar-refractivity contribution in [3.8, 4) is 9.75 Å². The highest BCUT2D eigenvalue weighted by Crippen LogP contribution is 2.33. The summed E-state index contributed by atoms with van der Waals surface area (Å²) in [5, 5.41) is 21.1. The summed E-state index contributed by atoms with van der Waals surface area (Å²) >= 11 is 3.11. The fraction of sp³-hybridized carbons (Fsp3) is 0.400. The maximum Gasteiger partial charge on any atom is 0.268 e. The van der Waals surface area contributed by atoms with Gasteiger partial charge in [0.25, 0.3) is 12.3 Å². The summed E-state index contributed by atoms with van der Waals surface area (Å²) < 4.78 is 25.9. The van der Waals surface area contributed by atoms with Crippen LogP contribution in [0.3, 0.4) is 0 Å². The molecule has 0 radical (unpaired) electrons. The van der Waals surface area contributed by atoms with Crippen LogP contribution in [-0.4, -0.2) is 34.3 Å². The highest BCUT2D eigenvalue weighted by atomic mass is 32.1. The fourth-order valence-electron chi connectivity index (χ4n) is 2.13. The first kappa shape index (κ1) is 18.9. The average molecular weight is 376 g/mol. The van der Waals surface area contributed by atoms with Crippen molar-refractivity contribution in [3.05, 3.63) is 34.0 Å². The number of thiophene rings is 2. The molecule has 4 N–H and O–H groups in total. The number of hydrogen-bond acceptors (Lipinski definition) is 6. The van der Waals surface area contributed by atoms with E-state index in [2.05, 4.69) is 5.32 Å². The molecule has 9 heteroatoms. The molecule has 1 amide bonds. The largest absolute Gasteiger partial charge is 0.382 e. The summed E-state index contributed by atoms with van der Waals surface area (Å²) in [5.74, 6) is -1.12. The van der Waals surface area contributed by atoms with Crippen molar-refractivity contribution in [2.24, 2.45) is 0 Å². The van der Waals surface area contributed by atoms with Crippen molar-refractivity contribution in [1.82, 2.24) is 10.8 Å². The van der Waals surface area contributed by atoms with Gasteiger partial charge in [0.05, 0.1) is 0 Å². The van der Waals surface area contributed by atoms with Crippen molar-refractivity contribution in [3.63, 3.8) is 0 Å². The van der Waals surface area contributed by atoms with Crippen LogP contribution in [0.4, 0.5) is 8.78 Å². The fourth-order valence-corrected chi connectivity index (χ4v) is 4.05. The van der Waals surface area contributed by atoms with E-state index < -0.39 is 24.0 Å². The molecule has 0 aliphatic rings. The van der Waals surface area contributed by atoms with Crippen molar-refractivity contribution >= 4 is 28.6 Å². The Kier molecular flexibility index (Phi) is 6.05. The van der Waals surface area contributed by atoms with E-state index in [-0.39, 0.29) is 6.54 Å². The predicted molar refractivity (Wildman–Crippen MR) is 89.6 cm³/mol. The number of carbonyl (C=O) groups is 1. The third kappa shape index (κ3) is 4.17. The molecule has 0 aliphatic heterocycles. The molecule has 0 fully saturated rings. The zero-order valence-corrected chi connectivity index (χ0v) is 14.7. The number of alkyl halides is 2. The minimum Gasteiger partial charge on any atom is -0.382 e. The van der Waals surface area contributed by atoms with E-state index in [1.54, 1.807) is 11.3 Å². The van der Waals surface area contributed by atoms with Gasteiger partial charge in [-0.15, -0.1) is 22.7 Å². The van der Waals surface area contributed by atoms with Gasteiger partial charge in [0.2, 0.25) is 0 Å². The summed E-state index contributed by atoms with van der Waals surface area (Å²) in [4.78, 5) is 15.7. The lowest BCUT2D eigenvalue weighted by Crippen LogP contribution is -2.60. The van der Waals surface area contributed by atoms with E-state index in [0.717, 1.165) is 21.6 Å². The van der Waals surface area contributed by atoms with E-state index in [1.807, 2.05) is 31.2 Å². The van der Waals surface area contributed by atoms with Crippen LogP contribution in [0.25, 0.3) is 9.75 Å². The predicted octanol–water partition coefficient (Wildman–Crippen LogP) is 2.76. The van der Waals surface area contributed by atoms with Gasteiger partial charge < -0.3 is 5.11 Å². The Bertz CT molecular complexity index is 700. The molecular weight excluding hydrogens is 358 g/mol. The van der Waals surface area contributed by atoms with Gasteiger partial charge in [0.15, 0.2) is 0 Å². The van der Waals surface area contributed by atoms with Gasteiger partial charge in [-0.25, -0.2) is 14.3 Å². The Hall–Kier alpha value is -1.39. The molecule has 0 aliphatic carbocycles. The van der Waals surface area contributed by atoms with Crippen LogP contribution in [0, 0.1) is 6.92 Å². The molecule has 5 nitrogen and oxygen atoms in total. The number of halogens is 2. The standard InChI is InChI=1S/C15H18F2N2O3S2/c1-8-3-5-10(23-8)11-6-4-9(24-11)7-18-12(13(20)19-22)15(2,21)14(16)17/h3-6,12,14,18,21-22H,7H2,1-2H3,(H,19,20)/t12-,15+/m1/s1. The third-order valence-electron chi connectivity index (χ3n) is 3.52. The Labute approximate surface area is 145 Å². The monoisotopic (exact) mass is 376 g/mol. The Morgan fingerprint density at radius 3 is 2.42 bits per heavy atom. The second-order valence-electron chi connectivity index (χ2n) is 5.49. The first-order valence-electron chi connectivity index (χ1n) is 7.09. The van der Waals surface area contributed by atoms with Crippen LogP contribution < -0.4 is 10.8 Å². The molecule has 2 aromatic heterocycles. The highest BCUT2D eigenvalue weighted by Gasteiger charge is 2.44. The van der Waals surface area contributed by atoms with E-state index in [4.69, 9.17) is 5.21 Å². The number of carbonyl (C=O) groups excluding carboxylic acids is 1. The maximum atomic E-state index is 13.0. The highest BCUT2D eigenvalue weighted by molar-refractivity contribution is 7.22. The second kappa shape index (κ2) is 7.66. The second-order valence-corrected chi connectivity index (χ2v) is 7.95. The third-order valence-corrected chi connectivity index (χ3v) is 5.81. The smallest absolute Gasteiger partial charge is 0.268 e. The quantitative estimate of drug-likeness (QED) is 0.442. The van der Waals surface area contributed by atoms with Crippen molar-refractivity contribution in [2.45, 2.75) is 38.5 Å². The lowest BCUT2D eigenvalue weighted by atomic mass is 9.96. The van der Waals surface area contributed by atoms with Crippen LogP contribution in [0.15, 0.2) is 24.3 Å². The summed E-state index contributed by atoms with van der Waals surface area (Å²) in [5.41, 5.74) is -1.31. The average Bonchev–Trinajstić information content (AvgIpc) is 3.15. The van der Waals surface area contributed by atoms with Crippen molar-refractivity contribution < 1.29 is 23.9 Å². The number of amides is 1. The number of rotatable bonds is 7. The molecule has 0 saturated heterocycles. The minimum atomic E-state index is -3.15. The molecule has 132 valence electrons. The molecule has 0 unspecified atom stereocenters. The Morgan fingerprint density at radius 2 is 1.88 bits per heavy atom. The van der Waals surface area contributed by atoms with E-state index >= 15 is 0 Å². The van der Waals surface area contributed by atoms with Crippen molar-refractivity contribution in [1.29, 1.82) is 0 Å². The number of hydroxylamine groups is 1. The number of hydrogen-bond donors (Lipinski definition) is 4. The van der Waals surface area contributed by atoms with Gasteiger partial charge in [0.1, 0.15) is 11.6 Å². The Morgan fingerprint density at radius 1 is 1.25 bits per heavy atom. The maximum absolute atomic E-state index is 13.0. The number of nitrogens with one attached hydrogen (secondary N) is 2. The molecule has 0 aromatic carbocycles. The van der Waals surface area contributed by atoms with Gasteiger partial charge in [-0.2, -0.15) is 0 Å². The SMILES string of the molecule is Cc1ccc(-c2ccc(CN[C@H](C(=O)NO)[C@](C)(O)C(F)F)s2)s1.